The summed E-state index contributed by atoms with van der Waals surface area (Å²) in [5, 5.41) is 3.00. The zero-order valence-electron chi connectivity index (χ0n) is 14.6. The second kappa shape index (κ2) is 6.65. The highest BCUT2D eigenvalue weighted by atomic mass is 19.4. The van der Waals surface area contributed by atoms with Gasteiger partial charge in [0.15, 0.2) is 5.72 Å². The fourth-order valence-electron chi connectivity index (χ4n) is 3.66. The summed E-state index contributed by atoms with van der Waals surface area (Å²) in [4.78, 5) is 14.6. The van der Waals surface area contributed by atoms with Crippen LogP contribution in [0.2, 0.25) is 0 Å². The Morgan fingerprint density at radius 2 is 1.85 bits per heavy atom. The third-order valence-corrected chi connectivity index (χ3v) is 5.11. The average molecular weight is 376 g/mol. The van der Waals surface area contributed by atoms with E-state index in [1.54, 1.807) is 6.07 Å². The van der Waals surface area contributed by atoms with Gasteiger partial charge in [0.2, 0.25) is 0 Å². The molecule has 2 heterocycles. The van der Waals surface area contributed by atoms with E-state index in [4.69, 9.17) is 4.74 Å². The van der Waals surface area contributed by atoms with Gasteiger partial charge in [-0.25, -0.2) is 0 Å². The summed E-state index contributed by atoms with van der Waals surface area (Å²) < 4.78 is 44.1. The molecule has 1 N–H and O–H groups in total. The predicted molar refractivity (Wildman–Crippen MR) is 92.8 cm³/mol. The Morgan fingerprint density at radius 1 is 1.11 bits per heavy atom. The molecule has 4 nitrogen and oxygen atoms in total. The highest BCUT2D eigenvalue weighted by Gasteiger charge is 2.42. The first-order chi connectivity index (χ1) is 12.8. The maximum Gasteiger partial charge on any atom is 0.416 e. The minimum Gasteiger partial charge on any atom is -0.350 e. The Hall–Kier alpha value is -2.38. The number of carbonyl (C=O) groups is 1. The van der Waals surface area contributed by atoms with Crippen LogP contribution in [0.15, 0.2) is 48.5 Å². The van der Waals surface area contributed by atoms with Gasteiger partial charge in [-0.3, -0.25) is 9.69 Å². The van der Waals surface area contributed by atoms with Gasteiger partial charge >= 0.3 is 6.18 Å². The summed E-state index contributed by atoms with van der Waals surface area (Å²) in [6.07, 6.45) is -3.70. The highest BCUT2D eigenvalue weighted by Crippen LogP contribution is 2.31. The number of carbonyl (C=O) groups excluding carboxylic acids is 1. The van der Waals surface area contributed by atoms with Gasteiger partial charge in [0.05, 0.1) is 12.2 Å². The molecule has 0 aliphatic carbocycles. The first-order valence-electron chi connectivity index (χ1n) is 8.78. The molecule has 0 radical (unpaired) electrons. The van der Waals surface area contributed by atoms with Crippen LogP contribution < -0.4 is 5.32 Å². The molecule has 2 aliphatic heterocycles. The Kier molecular flexibility index (Phi) is 4.44. The Morgan fingerprint density at radius 3 is 2.59 bits per heavy atom. The molecule has 2 aromatic carbocycles. The van der Waals surface area contributed by atoms with Crippen LogP contribution in [0.5, 0.6) is 0 Å². The fourth-order valence-corrected chi connectivity index (χ4v) is 3.66. The van der Waals surface area contributed by atoms with E-state index < -0.39 is 17.5 Å². The lowest BCUT2D eigenvalue weighted by Crippen LogP contribution is -2.51. The number of hydrogen-bond acceptors (Lipinski definition) is 3. The van der Waals surface area contributed by atoms with Crippen molar-refractivity contribution in [2.24, 2.45) is 0 Å². The van der Waals surface area contributed by atoms with Crippen molar-refractivity contribution >= 4 is 5.91 Å². The highest BCUT2D eigenvalue weighted by molar-refractivity contribution is 5.96. The lowest BCUT2D eigenvalue weighted by atomic mass is 10.1. The van der Waals surface area contributed by atoms with Crippen LogP contribution in [0.25, 0.3) is 0 Å². The van der Waals surface area contributed by atoms with Crippen molar-refractivity contribution in [2.45, 2.75) is 31.5 Å². The van der Waals surface area contributed by atoms with Gasteiger partial charge in [0, 0.05) is 31.6 Å². The van der Waals surface area contributed by atoms with E-state index in [9.17, 15) is 18.0 Å². The molecule has 2 aromatic rings. The molecule has 1 atom stereocenters. The van der Waals surface area contributed by atoms with Crippen LogP contribution in [0, 0.1) is 0 Å². The standard InChI is InChI=1S/C20H19F3N2O2/c21-20(22,23)16-7-5-14(6-8-16)11-25-10-9-19(13-25)24-18(26)17-4-2-1-3-15(17)12-27-19/h1-8H,9-13H2,(H,24,26). The first kappa shape index (κ1) is 18.0. The van der Waals surface area contributed by atoms with Gasteiger partial charge in [-0.05, 0) is 29.3 Å². The van der Waals surface area contributed by atoms with Crippen LogP contribution in [0.4, 0.5) is 13.2 Å². The molecule has 0 bridgehead atoms. The van der Waals surface area contributed by atoms with Crippen LogP contribution >= 0.6 is 0 Å². The zero-order chi connectivity index (χ0) is 19.1. The smallest absolute Gasteiger partial charge is 0.350 e. The van der Waals surface area contributed by atoms with E-state index in [2.05, 4.69) is 10.2 Å². The summed E-state index contributed by atoms with van der Waals surface area (Å²) in [7, 11) is 0. The Labute approximate surface area is 154 Å². The summed E-state index contributed by atoms with van der Waals surface area (Å²) in [5.41, 5.74) is 0.857. The molecule has 1 spiro atoms. The van der Waals surface area contributed by atoms with Gasteiger partial charge in [-0.2, -0.15) is 13.2 Å². The second-order valence-corrected chi connectivity index (χ2v) is 7.05. The molecule has 27 heavy (non-hydrogen) atoms. The lowest BCUT2D eigenvalue weighted by Gasteiger charge is -2.29. The Balaban J connectivity index is 1.44. The van der Waals surface area contributed by atoms with Crippen LogP contribution in [-0.4, -0.2) is 29.6 Å². The van der Waals surface area contributed by atoms with E-state index in [0.29, 0.717) is 38.2 Å². The number of nitrogens with zero attached hydrogens (tertiary/aromatic N) is 1. The van der Waals surface area contributed by atoms with Crippen molar-refractivity contribution in [1.29, 1.82) is 0 Å². The van der Waals surface area contributed by atoms with Gasteiger partial charge in [-0.1, -0.05) is 30.3 Å². The number of rotatable bonds is 2. The van der Waals surface area contributed by atoms with Gasteiger partial charge in [0.25, 0.3) is 5.91 Å². The van der Waals surface area contributed by atoms with Crippen molar-refractivity contribution < 1.29 is 22.7 Å². The van der Waals surface area contributed by atoms with E-state index in [1.807, 2.05) is 18.2 Å². The molecule has 2 aliphatic rings. The summed E-state index contributed by atoms with van der Waals surface area (Å²) in [5.74, 6) is -0.153. The van der Waals surface area contributed by atoms with Gasteiger partial charge < -0.3 is 10.1 Å². The molecule has 4 rings (SSSR count). The normalized spacial score (nSPS) is 23.1. The predicted octanol–water partition coefficient (Wildman–Crippen LogP) is 3.57. The van der Waals surface area contributed by atoms with E-state index >= 15 is 0 Å². The molecule has 0 aromatic heterocycles. The van der Waals surface area contributed by atoms with Crippen LogP contribution in [0.3, 0.4) is 0 Å². The molecular weight excluding hydrogens is 357 g/mol. The van der Waals surface area contributed by atoms with Gasteiger partial charge in [0.1, 0.15) is 0 Å². The minimum absolute atomic E-state index is 0.153. The van der Waals surface area contributed by atoms with Crippen molar-refractivity contribution in [1.82, 2.24) is 10.2 Å². The molecular formula is C20H19F3N2O2. The monoisotopic (exact) mass is 376 g/mol. The third-order valence-electron chi connectivity index (χ3n) is 5.11. The SMILES string of the molecule is O=C1NC2(CCN(Cc3ccc(C(F)(F)F)cc3)C2)OCc2ccccc21. The van der Waals surface area contributed by atoms with Crippen molar-refractivity contribution in [3.8, 4) is 0 Å². The molecule has 142 valence electrons. The zero-order valence-corrected chi connectivity index (χ0v) is 14.6. The number of halogens is 3. The second-order valence-electron chi connectivity index (χ2n) is 7.05. The number of benzene rings is 2. The summed E-state index contributed by atoms with van der Waals surface area (Å²) in [6.45, 7) is 2.04. The van der Waals surface area contributed by atoms with Crippen molar-refractivity contribution in [2.75, 3.05) is 13.1 Å². The quantitative estimate of drug-likeness (QED) is 0.871. The number of alkyl halides is 3. The van der Waals surface area contributed by atoms with Crippen molar-refractivity contribution in [3.05, 3.63) is 70.8 Å². The van der Waals surface area contributed by atoms with Crippen LogP contribution in [-0.2, 0) is 24.1 Å². The van der Waals surface area contributed by atoms with Crippen LogP contribution in [0.1, 0.15) is 33.5 Å². The number of hydrogen-bond donors (Lipinski definition) is 1. The maximum absolute atomic E-state index is 12.7. The molecule has 1 fully saturated rings. The van der Waals surface area contributed by atoms with Gasteiger partial charge in [-0.15, -0.1) is 0 Å². The largest absolute Gasteiger partial charge is 0.416 e. The summed E-state index contributed by atoms with van der Waals surface area (Å²) in [6, 6.07) is 12.5. The first-order valence-corrected chi connectivity index (χ1v) is 8.78. The molecule has 0 saturated carbocycles. The van der Waals surface area contributed by atoms with E-state index in [-0.39, 0.29) is 5.91 Å². The number of likely N-dealkylation sites (tertiary alicyclic amines) is 1. The topological polar surface area (TPSA) is 41.6 Å². The number of nitrogens with one attached hydrogen (secondary N) is 1. The van der Waals surface area contributed by atoms with E-state index in [1.165, 1.54) is 12.1 Å². The molecule has 1 unspecified atom stereocenters. The maximum atomic E-state index is 12.7. The number of ether oxygens (including phenoxy) is 1. The number of fused-ring (bicyclic) bond motifs is 1. The van der Waals surface area contributed by atoms with Crippen molar-refractivity contribution in [3.63, 3.8) is 0 Å². The fraction of sp³-hybridized carbons (Fsp3) is 0.350. The van der Waals surface area contributed by atoms with E-state index in [0.717, 1.165) is 23.3 Å². The average Bonchev–Trinajstić information content (AvgIpc) is 2.96. The minimum atomic E-state index is -4.33. The Bertz CT molecular complexity index is 851. The molecule has 1 amide bonds. The third kappa shape index (κ3) is 3.70. The molecule has 7 heteroatoms. The summed E-state index contributed by atoms with van der Waals surface area (Å²) >= 11 is 0. The number of amides is 1. The lowest BCUT2D eigenvalue weighted by molar-refractivity contribution is -0.137. The molecule has 1 saturated heterocycles.